The summed E-state index contributed by atoms with van der Waals surface area (Å²) in [5.41, 5.74) is 3.22. The minimum atomic E-state index is 0.475. The van der Waals surface area contributed by atoms with E-state index in [1.165, 1.54) is 5.69 Å². The minimum Gasteiger partial charge on any atom is -0.368 e. The van der Waals surface area contributed by atoms with Crippen molar-refractivity contribution in [2.75, 3.05) is 41.3 Å². The second kappa shape index (κ2) is 7.80. The largest absolute Gasteiger partial charge is 0.368 e. The van der Waals surface area contributed by atoms with Crippen LogP contribution in [0.2, 0.25) is 5.02 Å². The van der Waals surface area contributed by atoms with Crippen molar-refractivity contribution in [3.63, 3.8) is 0 Å². The van der Waals surface area contributed by atoms with Crippen molar-refractivity contribution in [2.24, 2.45) is 0 Å². The van der Waals surface area contributed by atoms with Crippen LogP contribution in [-0.4, -0.2) is 41.4 Å². The molecule has 138 valence electrons. The predicted molar refractivity (Wildman–Crippen MR) is 110 cm³/mol. The molecule has 1 aliphatic rings. The van der Waals surface area contributed by atoms with Gasteiger partial charge in [0.25, 0.3) is 0 Å². The molecule has 7 heteroatoms. The molecule has 2 aromatic carbocycles. The number of halogens is 1. The highest BCUT2D eigenvalue weighted by Gasteiger charge is 2.19. The molecule has 2 heterocycles. The van der Waals surface area contributed by atoms with Crippen molar-refractivity contribution in [1.82, 2.24) is 15.2 Å². The summed E-state index contributed by atoms with van der Waals surface area (Å²) in [4.78, 5) is 9.27. The lowest BCUT2D eigenvalue weighted by Gasteiger charge is -2.36. The Morgan fingerprint density at radius 2 is 1.70 bits per heavy atom. The number of anilines is 4. The monoisotopic (exact) mass is 380 g/mol. The second-order valence-electron chi connectivity index (χ2n) is 6.53. The molecule has 0 spiro atoms. The zero-order valence-electron chi connectivity index (χ0n) is 15.1. The van der Waals surface area contributed by atoms with Crippen LogP contribution in [-0.2, 0) is 0 Å². The van der Waals surface area contributed by atoms with Gasteiger partial charge in [-0.1, -0.05) is 35.9 Å². The molecule has 1 fully saturated rings. The van der Waals surface area contributed by atoms with Gasteiger partial charge in [-0.05, 0) is 36.8 Å². The Labute approximate surface area is 163 Å². The molecule has 0 atom stereocenters. The van der Waals surface area contributed by atoms with Crippen molar-refractivity contribution in [3.8, 4) is 0 Å². The normalized spacial score (nSPS) is 14.3. The highest BCUT2D eigenvalue weighted by molar-refractivity contribution is 6.30. The van der Waals surface area contributed by atoms with E-state index in [0.717, 1.165) is 43.2 Å². The Morgan fingerprint density at radius 1 is 0.963 bits per heavy atom. The lowest BCUT2D eigenvalue weighted by molar-refractivity contribution is 0.645. The van der Waals surface area contributed by atoms with Crippen LogP contribution < -0.4 is 15.1 Å². The average Bonchev–Trinajstić information content (AvgIpc) is 2.72. The SMILES string of the molecule is Cc1ccc(Cl)cc1Nc1nncc(N2CCN(c3ccccc3)CC2)n1. The predicted octanol–water partition coefficient (Wildman–Crippen LogP) is 3.90. The Hall–Kier alpha value is -2.86. The van der Waals surface area contributed by atoms with E-state index in [1.807, 2.05) is 31.2 Å². The highest BCUT2D eigenvalue weighted by Crippen LogP contribution is 2.24. The third-order valence-electron chi connectivity index (χ3n) is 4.72. The number of benzene rings is 2. The Kier molecular flexibility index (Phi) is 5.07. The maximum Gasteiger partial charge on any atom is 0.249 e. The standard InChI is InChI=1S/C20H21ClN6/c1-15-7-8-16(21)13-18(15)23-20-24-19(14-22-25-20)27-11-9-26(10-12-27)17-5-3-2-4-6-17/h2-8,13-14H,9-12H2,1H3,(H,23,24,25). The summed E-state index contributed by atoms with van der Waals surface area (Å²) in [5, 5.41) is 12.1. The van der Waals surface area contributed by atoms with Crippen LogP contribution in [0.25, 0.3) is 0 Å². The smallest absolute Gasteiger partial charge is 0.249 e. The molecule has 1 saturated heterocycles. The van der Waals surface area contributed by atoms with Crippen LogP contribution in [0.15, 0.2) is 54.7 Å². The number of nitrogens with one attached hydrogen (secondary N) is 1. The maximum absolute atomic E-state index is 6.09. The van der Waals surface area contributed by atoms with Crippen molar-refractivity contribution < 1.29 is 0 Å². The number of piperazine rings is 1. The molecule has 0 saturated carbocycles. The van der Waals surface area contributed by atoms with E-state index < -0.39 is 0 Å². The van der Waals surface area contributed by atoms with Crippen molar-refractivity contribution >= 4 is 34.7 Å². The summed E-state index contributed by atoms with van der Waals surface area (Å²) in [6.07, 6.45) is 1.72. The first-order valence-corrected chi connectivity index (χ1v) is 9.35. The van der Waals surface area contributed by atoms with Gasteiger partial charge in [0, 0.05) is 42.6 Å². The van der Waals surface area contributed by atoms with E-state index >= 15 is 0 Å². The average molecular weight is 381 g/mol. The van der Waals surface area contributed by atoms with Gasteiger partial charge in [0.1, 0.15) is 0 Å². The molecule has 6 nitrogen and oxygen atoms in total. The third kappa shape index (κ3) is 4.11. The lowest BCUT2D eigenvalue weighted by atomic mass is 10.2. The Morgan fingerprint density at radius 3 is 2.48 bits per heavy atom. The number of rotatable bonds is 4. The van der Waals surface area contributed by atoms with Crippen LogP contribution in [0.5, 0.6) is 0 Å². The molecule has 3 aromatic rings. The fourth-order valence-corrected chi connectivity index (χ4v) is 3.35. The van der Waals surface area contributed by atoms with Gasteiger partial charge in [0.15, 0.2) is 5.82 Å². The summed E-state index contributed by atoms with van der Waals surface area (Å²) in [6, 6.07) is 16.2. The van der Waals surface area contributed by atoms with Gasteiger partial charge in [0.05, 0.1) is 6.20 Å². The van der Waals surface area contributed by atoms with Crippen LogP contribution in [0.1, 0.15) is 5.56 Å². The first kappa shape index (κ1) is 17.5. The molecule has 0 amide bonds. The van der Waals surface area contributed by atoms with Gasteiger partial charge < -0.3 is 15.1 Å². The molecule has 27 heavy (non-hydrogen) atoms. The number of aryl methyl sites for hydroxylation is 1. The first-order chi connectivity index (χ1) is 13.2. The van der Waals surface area contributed by atoms with Crippen molar-refractivity contribution in [2.45, 2.75) is 6.92 Å². The minimum absolute atomic E-state index is 0.475. The summed E-state index contributed by atoms with van der Waals surface area (Å²) in [6.45, 7) is 5.69. The molecule has 1 aromatic heterocycles. The zero-order valence-corrected chi connectivity index (χ0v) is 15.9. The summed E-state index contributed by atoms with van der Waals surface area (Å²) in [5.74, 6) is 1.31. The van der Waals surface area contributed by atoms with Gasteiger partial charge in [-0.2, -0.15) is 10.1 Å². The lowest BCUT2D eigenvalue weighted by Crippen LogP contribution is -2.46. The van der Waals surface area contributed by atoms with E-state index in [9.17, 15) is 0 Å². The fourth-order valence-electron chi connectivity index (χ4n) is 3.18. The quantitative estimate of drug-likeness (QED) is 0.740. The van der Waals surface area contributed by atoms with Crippen molar-refractivity contribution in [3.05, 3.63) is 65.3 Å². The molecule has 1 aliphatic heterocycles. The highest BCUT2D eigenvalue weighted by atomic mass is 35.5. The van der Waals surface area contributed by atoms with Gasteiger partial charge in [-0.15, -0.1) is 5.10 Å². The number of hydrogen-bond donors (Lipinski definition) is 1. The number of nitrogens with zero attached hydrogens (tertiary/aromatic N) is 5. The van der Waals surface area contributed by atoms with Crippen LogP contribution >= 0.6 is 11.6 Å². The van der Waals surface area contributed by atoms with Crippen LogP contribution in [0.3, 0.4) is 0 Å². The Bertz CT molecular complexity index is 909. The molecule has 0 bridgehead atoms. The van der Waals surface area contributed by atoms with Gasteiger partial charge in [0.2, 0.25) is 5.95 Å². The van der Waals surface area contributed by atoms with E-state index in [4.69, 9.17) is 11.6 Å². The van der Waals surface area contributed by atoms with Gasteiger partial charge in [-0.3, -0.25) is 0 Å². The van der Waals surface area contributed by atoms with Gasteiger partial charge in [-0.25, -0.2) is 0 Å². The molecule has 1 N–H and O–H groups in total. The molecule has 0 unspecified atom stereocenters. The van der Waals surface area contributed by atoms with Crippen molar-refractivity contribution in [1.29, 1.82) is 0 Å². The number of hydrogen-bond acceptors (Lipinski definition) is 6. The summed E-state index contributed by atoms with van der Waals surface area (Å²) in [7, 11) is 0. The molecular weight excluding hydrogens is 360 g/mol. The number of para-hydroxylation sites is 1. The molecule has 0 radical (unpaired) electrons. The molecular formula is C20H21ClN6. The topological polar surface area (TPSA) is 57.2 Å². The van der Waals surface area contributed by atoms with Crippen LogP contribution in [0.4, 0.5) is 23.1 Å². The summed E-state index contributed by atoms with van der Waals surface area (Å²) >= 11 is 6.09. The third-order valence-corrected chi connectivity index (χ3v) is 4.95. The maximum atomic E-state index is 6.09. The zero-order chi connectivity index (χ0) is 18.6. The number of aromatic nitrogens is 3. The van der Waals surface area contributed by atoms with E-state index in [-0.39, 0.29) is 0 Å². The van der Waals surface area contributed by atoms with E-state index in [2.05, 4.69) is 54.6 Å². The fraction of sp³-hybridized carbons (Fsp3) is 0.250. The molecule has 4 rings (SSSR count). The van der Waals surface area contributed by atoms with E-state index in [0.29, 0.717) is 11.0 Å². The molecule has 0 aliphatic carbocycles. The first-order valence-electron chi connectivity index (χ1n) is 8.97. The van der Waals surface area contributed by atoms with E-state index in [1.54, 1.807) is 6.20 Å². The summed E-state index contributed by atoms with van der Waals surface area (Å²) < 4.78 is 0. The van der Waals surface area contributed by atoms with Gasteiger partial charge >= 0.3 is 0 Å². The second-order valence-corrected chi connectivity index (χ2v) is 6.97. The van der Waals surface area contributed by atoms with Crippen LogP contribution in [0, 0.1) is 6.92 Å². The Balaban J connectivity index is 1.45.